The molecule has 0 aliphatic heterocycles. The van der Waals surface area contributed by atoms with Crippen LogP contribution in [0.15, 0.2) is 42.5 Å². The minimum absolute atomic E-state index is 0.0840. The third kappa shape index (κ3) is 8.96. The Balaban J connectivity index is 1.35. The van der Waals surface area contributed by atoms with E-state index in [1.165, 1.54) is 28.5 Å². The largest absolute Gasteiger partial charge is 0.508 e. The van der Waals surface area contributed by atoms with Crippen molar-refractivity contribution in [3.63, 3.8) is 0 Å². The van der Waals surface area contributed by atoms with Gasteiger partial charge in [-0.1, -0.05) is 63.6 Å². The van der Waals surface area contributed by atoms with Crippen molar-refractivity contribution in [1.29, 1.82) is 0 Å². The molecule has 0 saturated carbocycles. The molecule has 0 aromatic heterocycles. The molecule has 0 bridgehead atoms. The van der Waals surface area contributed by atoms with E-state index in [9.17, 15) is 40.9 Å². The molecule has 0 saturated heterocycles. The number of aromatic hydroxyl groups is 2. The van der Waals surface area contributed by atoms with Crippen molar-refractivity contribution in [1.82, 2.24) is 0 Å². The molecule has 1 aliphatic rings. The number of rotatable bonds is 16. The van der Waals surface area contributed by atoms with Gasteiger partial charge in [-0.3, -0.25) is 0 Å². The minimum Gasteiger partial charge on any atom is -0.508 e. The molecular weight excluding hydrogens is 581 g/mol. The standard InChI is InChI=1S/C32H41F7O2S/c1-30(23-10-12-24(40)13-11-23)18-16-22-21-25(41)14-15-26(22)27(30)9-7-5-3-2-4-6-8-19-42-20-17-28(33)31(35,36)29(34)32(37,38)39/h10-15,21,27-29,40-41H,2-9,16-20H2,1H3. The van der Waals surface area contributed by atoms with Crippen molar-refractivity contribution in [2.75, 3.05) is 11.5 Å². The van der Waals surface area contributed by atoms with E-state index < -0.39 is 30.9 Å². The van der Waals surface area contributed by atoms with Gasteiger partial charge in [0.05, 0.1) is 0 Å². The summed E-state index contributed by atoms with van der Waals surface area (Å²) < 4.78 is 89.7. The number of alkyl halides is 7. The Labute approximate surface area is 248 Å². The van der Waals surface area contributed by atoms with Crippen LogP contribution in [0.3, 0.4) is 0 Å². The number of hydrogen-bond donors (Lipinski definition) is 2. The summed E-state index contributed by atoms with van der Waals surface area (Å²) >= 11 is 1.19. The van der Waals surface area contributed by atoms with Crippen molar-refractivity contribution in [2.24, 2.45) is 0 Å². The van der Waals surface area contributed by atoms with Crippen molar-refractivity contribution >= 4 is 11.8 Å². The zero-order valence-electron chi connectivity index (χ0n) is 23.9. The lowest BCUT2D eigenvalue weighted by Gasteiger charge is -2.43. The number of benzene rings is 2. The lowest BCUT2D eigenvalue weighted by molar-refractivity contribution is -0.259. The summed E-state index contributed by atoms with van der Waals surface area (Å²) in [6.07, 6.45) is -4.49. The molecule has 0 spiro atoms. The molecule has 2 nitrogen and oxygen atoms in total. The summed E-state index contributed by atoms with van der Waals surface area (Å²) in [5.41, 5.74) is 3.59. The quantitative estimate of drug-likeness (QED) is 0.145. The second-order valence-corrected chi connectivity index (χ2v) is 12.8. The average Bonchev–Trinajstić information content (AvgIpc) is 2.93. The first kappa shape index (κ1) is 34.4. The van der Waals surface area contributed by atoms with E-state index in [0.717, 1.165) is 64.2 Å². The molecule has 0 fully saturated rings. The first-order valence-corrected chi connectivity index (χ1v) is 15.8. The van der Waals surface area contributed by atoms with Crippen LogP contribution in [0.2, 0.25) is 0 Å². The Bertz CT molecular complexity index is 1110. The highest BCUT2D eigenvalue weighted by Gasteiger charge is 2.60. The molecule has 2 aromatic carbocycles. The Morgan fingerprint density at radius 3 is 2.07 bits per heavy atom. The van der Waals surface area contributed by atoms with Crippen LogP contribution in [0.1, 0.15) is 93.7 Å². The van der Waals surface area contributed by atoms with Crippen molar-refractivity contribution in [2.45, 2.75) is 113 Å². The molecule has 1 aliphatic carbocycles. The molecule has 0 radical (unpaired) electrons. The van der Waals surface area contributed by atoms with Gasteiger partial charge in [0.2, 0.25) is 0 Å². The normalized spacial score (nSPS) is 20.7. The molecule has 10 heteroatoms. The van der Waals surface area contributed by atoms with Crippen LogP contribution in [-0.2, 0) is 11.8 Å². The number of fused-ring (bicyclic) bond motifs is 1. The number of phenols is 2. The zero-order valence-corrected chi connectivity index (χ0v) is 24.7. The highest BCUT2D eigenvalue weighted by atomic mass is 32.2. The van der Waals surface area contributed by atoms with Crippen LogP contribution >= 0.6 is 11.8 Å². The number of aryl methyl sites for hydroxylation is 1. The second-order valence-electron chi connectivity index (χ2n) is 11.6. The Hall–Kier alpha value is -2.10. The van der Waals surface area contributed by atoms with Crippen molar-refractivity contribution in [3.05, 3.63) is 59.2 Å². The van der Waals surface area contributed by atoms with Crippen LogP contribution < -0.4 is 0 Å². The van der Waals surface area contributed by atoms with E-state index >= 15 is 0 Å². The second kappa shape index (κ2) is 15.1. The summed E-state index contributed by atoms with van der Waals surface area (Å²) in [5, 5.41) is 19.8. The first-order chi connectivity index (χ1) is 19.8. The van der Waals surface area contributed by atoms with Crippen LogP contribution in [0.5, 0.6) is 11.5 Å². The topological polar surface area (TPSA) is 40.5 Å². The predicted octanol–water partition coefficient (Wildman–Crippen LogP) is 10.2. The smallest absolute Gasteiger partial charge is 0.425 e. The molecule has 2 N–H and O–H groups in total. The summed E-state index contributed by atoms with van der Waals surface area (Å²) in [4.78, 5) is 0. The number of thioether (sulfide) groups is 1. The first-order valence-electron chi connectivity index (χ1n) is 14.7. The van der Waals surface area contributed by atoms with E-state index in [4.69, 9.17) is 0 Å². The summed E-state index contributed by atoms with van der Waals surface area (Å²) in [6, 6.07) is 13.1. The minimum atomic E-state index is -5.79. The van der Waals surface area contributed by atoms with Gasteiger partial charge in [0.1, 0.15) is 11.5 Å². The Morgan fingerprint density at radius 1 is 0.833 bits per heavy atom. The number of halogens is 7. The molecule has 2 aromatic rings. The fraction of sp³-hybridized carbons (Fsp3) is 0.625. The molecule has 42 heavy (non-hydrogen) atoms. The fourth-order valence-electron chi connectivity index (χ4n) is 6.02. The molecule has 4 unspecified atom stereocenters. The SMILES string of the molecule is CC1(c2ccc(O)cc2)CCc2cc(O)ccc2C1CCCCCCCCCSCCC(F)C(F)(F)C(F)C(F)(F)F. The summed E-state index contributed by atoms with van der Waals surface area (Å²) in [7, 11) is 0. The maximum absolute atomic E-state index is 13.6. The molecule has 236 valence electrons. The van der Waals surface area contributed by atoms with Gasteiger partial charge in [-0.25, -0.2) is 8.78 Å². The van der Waals surface area contributed by atoms with E-state index in [0.29, 0.717) is 5.75 Å². The summed E-state index contributed by atoms with van der Waals surface area (Å²) in [5.74, 6) is -3.77. The van der Waals surface area contributed by atoms with Gasteiger partial charge in [-0.2, -0.15) is 33.7 Å². The van der Waals surface area contributed by atoms with Gasteiger partial charge in [-0.05, 0) is 95.9 Å². The lowest BCUT2D eigenvalue weighted by atomic mass is 9.60. The van der Waals surface area contributed by atoms with E-state index in [1.54, 1.807) is 18.2 Å². The van der Waals surface area contributed by atoms with Gasteiger partial charge in [0.25, 0.3) is 6.17 Å². The van der Waals surface area contributed by atoms with E-state index in [1.807, 2.05) is 24.3 Å². The third-order valence-electron chi connectivity index (χ3n) is 8.55. The zero-order chi connectivity index (χ0) is 31.0. The number of hydrogen-bond acceptors (Lipinski definition) is 3. The van der Waals surface area contributed by atoms with Crippen LogP contribution in [0.25, 0.3) is 0 Å². The molecule has 4 atom stereocenters. The van der Waals surface area contributed by atoms with Crippen LogP contribution in [0.4, 0.5) is 30.7 Å². The average molecular weight is 623 g/mol. The maximum Gasteiger partial charge on any atom is 0.425 e. The number of phenolic OH excluding ortho intramolecular Hbond substituents is 2. The summed E-state index contributed by atoms with van der Waals surface area (Å²) in [6.45, 7) is 2.29. The highest BCUT2D eigenvalue weighted by Crippen LogP contribution is 2.50. The molecule has 3 rings (SSSR count). The highest BCUT2D eigenvalue weighted by molar-refractivity contribution is 7.99. The van der Waals surface area contributed by atoms with Gasteiger partial charge in [0.15, 0.2) is 6.17 Å². The number of unbranched alkanes of at least 4 members (excludes halogenated alkanes) is 6. The lowest BCUT2D eigenvalue weighted by Crippen LogP contribution is -2.48. The Kier molecular flexibility index (Phi) is 12.3. The van der Waals surface area contributed by atoms with Gasteiger partial charge in [-0.15, -0.1) is 0 Å². The Morgan fingerprint density at radius 2 is 1.43 bits per heavy atom. The van der Waals surface area contributed by atoms with Crippen molar-refractivity contribution in [3.8, 4) is 11.5 Å². The van der Waals surface area contributed by atoms with Crippen molar-refractivity contribution < 1.29 is 40.9 Å². The van der Waals surface area contributed by atoms with Gasteiger partial charge < -0.3 is 10.2 Å². The van der Waals surface area contributed by atoms with Gasteiger partial charge >= 0.3 is 12.1 Å². The van der Waals surface area contributed by atoms with E-state index in [-0.39, 0.29) is 28.6 Å². The van der Waals surface area contributed by atoms with Crippen LogP contribution in [-0.4, -0.2) is 46.2 Å². The third-order valence-corrected chi connectivity index (χ3v) is 9.65. The fourth-order valence-corrected chi connectivity index (χ4v) is 7.00. The molecule has 0 amide bonds. The monoisotopic (exact) mass is 622 g/mol. The van der Waals surface area contributed by atoms with E-state index in [2.05, 4.69) is 6.92 Å². The molecular formula is C32H41F7O2S. The molecule has 0 heterocycles. The predicted molar refractivity (Wildman–Crippen MR) is 154 cm³/mol. The van der Waals surface area contributed by atoms with Crippen LogP contribution in [0, 0.1) is 0 Å². The van der Waals surface area contributed by atoms with Gasteiger partial charge in [0, 0.05) is 0 Å². The maximum atomic E-state index is 13.6.